The van der Waals surface area contributed by atoms with Crippen molar-refractivity contribution in [2.45, 2.75) is 59.8 Å². The molecule has 6 nitrogen and oxygen atoms in total. The Labute approximate surface area is 268 Å². The maximum atomic E-state index is 5.86. The Morgan fingerprint density at radius 2 is 1.24 bits per heavy atom. The molecule has 0 aliphatic heterocycles. The molecule has 234 valence electrons. The zero-order chi connectivity index (χ0) is 31.4. The lowest BCUT2D eigenvalue weighted by atomic mass is 10.1. The molecule has 0 N–H and O–H groups in total. The fraction of sp³-hybridized carbons (Fsp3) is 0.308. The summed E-state index contributed by atoms with van der Waals surface area (Å²) in [5, 5.41) is 0. The van der Waals surface area contributed by atoms with Crippen molar-refractivity contribution < 1.29 is 14.2 Å². The second kappa shape index (κ2) is 16.0. The van der Waals surface area contributed by atoms with Crippen LogP contribution in [0, 0.1) is 0 Å². The van der Waals surface area contributed by atoms with Gasteiger partial charge in [0.1, 0.15) is 23.1 Å². The summed E-state index contributed by atoms with van der Waals surface area (Å²) in [6.07, 6.45) is 2.15. The van der Waals surface area contributed by atoms with Gasteiger partial charge in [-0.25, -0.2) is 4.98 Å². The smallest absolute Gasteiger partial charge is 0.141 e. The van der Waals surface area contributed by atoms with Crippen LogP contribution in [0.3, 0.4) is 0 Å². The minimum Gasteiger partial charge on any atom is -0.497 e. The van der Waals surface area contributed by atoms with E-state index in [4.69, 9.17) is 19.2 Å². The Bertz CT molecular complexity index is 1600. The van der Waals surface area contributed by atoms with Crippen molar-refractivity contribution in [2.24, 2.45) is 0 Å². The molecule has 5 aromatic rings. The monoisotopic (exact) mass is 603 g/mol. The van der Waals surface area contributed by atoms with Gasteiger partial charge in [0.15, 0.2) is 0 Å². The molecule has 4 aromatic carbocycles. The summed E-state index contributed by atoms with van der Waals surface area (Å²) in [5.41, 5.74) is 6.79. The van der Waals surface area contributed by atoms with E-state index in [1.165, 1.54) is 16.8 Å². The standard InChI is InChI=1S/C39H45N3O3/c1-5-8-23-42-37(38(32-17-10-9-11-18-32)40-39(42)33-19-14-20-34(26-33)43-4)29-41(27-30-15-12-21-35(24-30)44-6-2)28-31-16-13-22-36(25-31)45-7-3/h9-22,24-26H,5-8,23,27-29H2,1-4H3. The van der Waals surface area contributed by atoms with Crippen LogP contribution >= 0.6 is 0 Å². The van der Waals surface area contributed by atoms with Crippen molar-refractivity contribution in [1.82, 2.24) is 14.5 Å². The van der Waals surface area contributed by atoms with Gasteiger partial charge in [-0.05, 0) is 67.8 Å². The molecule has 45 heavy (non-hydrogen) atoms. The molecule has 0 fully saturated rings. The average molecular weight is 604 g/mol. The molecule has 0 spiro atoms. The molecule has 1 aromatic heterocycles. The average Bonchev–Trinajstić information content (AvgIpc) is 3.42. The number of unbranched alkanes of at least 4 members (excludes halogenated alkanes) is 1. The molecule has 5 rings (SSSR count). The van der Waals surface area contributed by atoms with Crippen LogP contribution in [0.1, 0.15) is 50.4 Å². The van der Waals surface area contributed by atoms with Gasteiger partial charge in [0, 0.05) is 37.3 Å². The fourth-order valence-electron chi connectivity index (χ4n) is 5.71. The largest absolute Gasteiger partial charge is 0.497 e. The first-order chi connectivity index (χ1) is 22.1. The zero-order valence-electron chi connectivity index (χ0n) is 27.0. The summed E-state index contributed by atoms with van der Waals surface area (Å²) in [6, 6.07) is 35.7. The first-order valence-corrected chi connectivity index (χ1v) is 16.1. The summed E-state index contributed by atoms with van der Waals surface area (Å²) in [5.74, 6) is 3.58. The van der Waals surface area contributed by atoms with E-state index in [9.17, 15) is 0 Å². The third kappa shape index (κ3) is 8.34. The van der Waals surface area contributed by atoms with Crippen LogP contribution in [0.15, 0.2) is 103 Å². The first-order valence-electron chi connectivity index (χ1n) is 16.1. The van der Waals surface area contributed by atoms with E-state index in [0.717, 1.165) is 72.4 Å². The predicted molar refractivity (Wildman–Crippen MR) is 183 cm³/mol. The van der Waals surface area contributed by atoms with E-state index >= 15 is 0 Å². The van der Waals surface area contributed by atoms with E-state index < -0.39 is 0 Å². The number of nitrogens with zero attached hydrogens (tertiary/aromatic N) is 3. The van der Waals surface area contributed by atoms with E-state index in [-0.39, 0.29) is 0 Å². The molecule has 0 atom stereocenters. The number of aromatic nitrogens is 2. The second-order valence-corrected chi connectivity index (χ2v) is 11.1. The van der Waals surface area contributed by atoms with Gasteiger partial charge in [-0.1, -0.05) is 80.1 Å². The van der Waals surface area contributed by atoms with Crippen LogP contribution < -0.4 is 14.2 Å². The van der Waals surface area contributed by atoms with Gasteiger partial charge in [-0.2, -0.15) is 0 Å². The van der Waals surface area contributed by atoms with Gasteiger partial charge in [0.05, 0.1) is 31.7 Å². The highest BCUT2D eigenvalue weighted by molar-refractivity contribution is 5.69. The van der Waals surface area contributed by atoms with Crippen molar-refractivity contribution in [2.75, 3.05) is 20.3 Å². The van der Waals surface area contributed by atoms with Crippen LogP contribution in [-0.2, 0) is 26.2 Å². The maximum Gasteiger partial charge on any atom is 0.141 e. The number of rotatable bonds is 16. The molecule has 0 unspecified atom stereocenters. The van der Waals surface area contributed by atoms with Gasteiger partial charge in [0.25, 0.3) is 0 Å². The lowest BCUT2D eigenvalue weighted by Crippen LogP contribution is -2.24. The Morgan fingerprint density at radius 3 is 1.84 bits per heavy atom. The third-order valence-corrected chi connectivity index (χ3v) is 7.79. The minimum absolute atomic E-state index is 0.640. The Balaban J connectivity index is 1.62. The molecule has 0 aliphatic rings. The SMILES string of the molecule is CCCCn1c(-c2cccc(OC)c2)nc(-c2ccccc2)c1CN(Cc1cccc(OCC)c1)Cc1cccc(OCC)c1. The summed E-state index contributed by atoms with van der Waals surface area (Å²) in [6.45, 7) is 10.7. The quantitative estimate of drug-likeness (QED) is 0.113. The Morgan fingerprint density at radius 1 is 0.644 bits per heavy atom. The topological polar surface area (TPSA) is 48.8 Å². The number of methoxy groups -OCH3 is 1. The van der Waals surface area contributed by atoms with Crippen LogP contribution in [0.2, 0.25) is 0 Å². The molecule has 0 bridgehead atoms. The number of imidazole rings is 1. The summed E-state index contributed by atoms with van der Waals surface area (Å²) in [4.78, 5) is 7.86. The molecule has 0 saturated heterocycles. The number of ether oxygens (including phenoxy) is 3. The van der Waals surface area contributed by atoms with Crippen molar-refractivity contribution in [3.63, 3.8) is 0 Å². The summed E-state index contributed by atoms with van der Waals surface area (Å²) in [7, 11) is 1.71. The third-order valence-electron chi connectivity index (χ3n) is 7.79. The second-order valence-electron chi connectivity index (χ2n) is 11.1. The minimum atomic E-state index is 0.640. The molecule has 0 aliphatic carbocycles. The first kappa shape index (κ1) is 31.9. The molecule has 0 saturated carbocycles. The predicted octanol–water partition coefficient (Wildman–Crippen LogP) is 9.03. The molecule has 1 heterocycles. The van der Waals surface area contributed by atoms with E-state index in [1.54, 1.807) is 7.11 Å². The van der Waals surface area contributed by atoms with Crippen LogP contribution in [-0.4, -0.2) is 34.8 Å². The lowest BCUT2D eigenvalue weighted by molar-refractivity contribution is 0.240. The van der Waals surface area contributed by atoms with Crippen molar-refractivity contribution >= 4 is 0 Å². The zero-order valence-corrected chi connectivity index (χ0v) is 27.0. The van der Waals surface area contributed by atoms with Gasteiger partial charge < -0.3 is 18.8 Å². The van der Waals surface area contributed by atoms with Crippen LogP contribution in [0.5, 0.6) is 17.2 Å². The Kier molecular flexibility index (Phi) is 11.3. The van der Waals surface area contributed by atoms with Gasteiger partial charge in [0.2, 0.25) is 0 Å². The van der Waals surface area contributed by atoms with Crippen molar-refractivity contribution in [1.29, 1.82) is 0 Å². The van der Waals surface area contributed by atoms with Crippen molar-refractivity contribution in [3.8, 4) is 39.9 Å². The number of hydrogen-bond donors (Lipinski definition) is 0. The molecular formula is C39H45N3O3. The molecule has 0 radical (unpaired) electrons. The van der Waals surface area contributed by atoms with Gasteiger partial charge >= 0.3 is 0 Å². The summed E-state index contributed by atoms with van der Waals surface area (Å²) >= 11 is 0. The fourth-order valence-corrected chi connectivity index (χ4v) is 5.71. The van der Waals surface area contributed by atoms with Gasteiger partial charge in [-0.3, -0.25) is 4.90 Å². The Hall–Kier alpha value is -4.55. The van der Waals surface area contributed by atoms with Crippen molar-refractivity contribution in [3.05, 3.63) is 120 Å². The van der Waals surface area contributed by atoms with E-state index in [1.807, 2.05) is 38.1 Å². The molecule has 6 heteroatoms. The molecular weight excluding hydrogens is 558 g/mol. The lowest BCUT2D eigenvalue weighted by Gasteiger charge is -2.25. The highest BCUT2D eigenvalue weighted by atomic mass is 16.5. The highest BCUT2D eigenvalue weighted by Crippen LogP contribution is 2.33. The van der Waals surface area contributed by atoms with E-state index in [2.05, 4.69) is 95.3 Å². The van der Waals surface area contributed by atoms with Crippen LogP contribution in [0.25, 0.3) is 22.6 Å². The van der Waals surface area contributed by atoms with Crippen LogP contribution in [0.4, 0.5) is 0 Å². The summed E-state index contributed by atoms with van der Waals surface area (Å²) < 4.78 is 19.8. The number of benzene rings is 4. The number of hydrogen-bond acceptors (Lipinski definition) is 5. The van der Waals surface area contributed by atoms with Gasteiger partial charge in [-0.15, -0.1) is 0 Å². The normalized spacial score (nSPS) is 11.1. The highest BCUT2D eigenvalue weighted by Gasteiger charge is 2.23. The maximum absolute atomic E-state index is 5.86. The molecule has 0 amide bonds. The van der Waals surface area contributed by atoms with E-state index in [0.29, 0.717) is 19.8 Å².